The molecule has 22 heavy (non-hydrogen) atoms. The standard InChI is InChI=1S/C17H13Br2NO2/c1-2-5-10-8-13(18)15(14(19)9-10)20-16(21)11-6-3-4-7-12(11)17(20)22/h3-4,6-9H,2,5H2,1H3. The van der Waals surface area contributed by atoms with Crippen molar-refractivity contribution in [2.24, 2.45) is 0 Å². The number of amides is 2. The number of rotatable bonds is 3. The molecule has 0 spiro atoms. The van der Waals surface area contributed by atoms with Gasteiger partial charge in [-0.15, -0.1) is 0 Å². The van der Waals surface area contributed by atoms with Crippen molar-refractivity contribution in [2.45, 2.75) is 19.8 Å². The monoisotopic (exact) mass is 421 g/mol. The molecule has 0 N–H and O–H groups in total. The maximum atomic E-state index is 12.6. The second-order valence-corrected chi connectivity index (χ2v) is 6.86. The summed E-state index contributed by atoms with van der Waals surface area (Å²) in [7, 11) is 0. The third kappa shape index (κ3) is 2.42. The average Bonchev–Trinajstić information content (AvgIpc) is 2.73. The van der Waals surface area contributed by atoms with Crippen molar-refractivity contribution in [1.29, 1.82) is 0 Å². The molecule has 2 aromatic rings. The highest BCUT2D eigenvalue weighted by atomic mass is 79.9. The Morgan fingerprint density at radius 2 is 1.45 bits per heavy atom. The molecule has 0 aromatic heterocycles. The van der Waals surface area contributed by atoms with Crippen LogP contribution in [0.5, 0.6) is 0 Å². The predicted molar refractivity (Wildman–Crippen MR) is 93.4 cm³/mol. The Kier molecular flexibility index (Phi) is 4.19. The van der Waals surface area contributed by atoms with Gasteiger partial charge < -0.3 is 0 Å². The lowest BCUT2D eigenvalue weighted by Crippen LogP contribution is -2.30. The van der Waals surface area contributed by atoms with Crippen LogP contribution in [0.25, 0.3) is 0 Å². The van der Waals surface area contributed by atoms with Crippen LogP contribution < -0.4 is 4.90 Å². The summed E-state index contributed by atoms with van der Waals surface area (Å²) in [5.41, 5.74) is 2.61. The Hall–Kier alpha value is -1.46. The van der Waals surface area contributed by atoms with E-state index in [4.69, 9.17) is 0 Å². The molecule has 0 fully saturated rings. The van der Waals surface area contributed by atoms with E-state index in [0.29, 0.717) is 16.8 Å². The lowest BCUT2D eigenvalue weighted by molar-refractivity contribution is 0.0926. The largest absolute Gasteiger partial charge is 0.268 e. The van der Waals surface area contributed by atoms with E-state index in [-0.39, 0.29) is 11.8 Å². The summed E-state index contributed by atoms with van der Waals surface area (Å²) in [6.45, 7) is 2.11. The maximum absolute atomic E-state index is 12.6. The Bertz CT molecular complexity index is 728. The van der Waals surface area contributed by atoms with Gasteiger partial charge in [0.2, 0.25) is 0 Å². The van der Waals surface area contributed by atoms with Gasteiger partial charge in [0.15, 0.2) is 0 Å². The summed E-state index contributed by atoms with van der Waals surface area (Å²) in [4.78, 5) is 26.4. The number of halogens is 2. The first kappa shape index (κ1) is 15.4. The van der Waals surface area contributed by atoms with Crippen molar-refractivity contribution in [3.63, 3.8) is 0 Å². The fourth-order valence-electron chi connectivity index (χ4n) is 2.66. The molecule has 1 aliphatic rings. The molecular formula is C17H13Br2NO2. The van der Waals surface area contributed by atoms with Gasteiger partial charge in [-0.25, -0.2) is 4.90 Å². The number of carbonyl (C=O) groups is 2. The minimum absolute atomic E-state index is 0.287. The highest BCUT2D eigenvalue weighted by Gasteiger charge is 2.38. The van der Waals surface area contributed by atoms with Crippen LogP contribution in [0.15, 0.2) is 45.3 Å². The highest BCUT2D eigenvalue weighted by molar-refractivity contribution is 9.11. The first-order chi connectivity index (χ1) is 10.5. The molecule has 1 heterocycles. The van der Waals surface area contributed by atoms with E-state index in [1.165, 1.54) is 4.90 Å². The second kappa shape index (κ2) is 5.97. The molecule has 0 bridgehead atoms. The highest BCUT2D eigenvalue weighted by Crippen LogP contribution is 2.39. The predicted octanol–water partition coefficient (Wildman–Crippen LogP) is 4.96. The topological polar surface area (TPSA) is 37.4 Å². The van der Waals surface area contributed by atoms with Crippen molar-refractivity contribution in [3.05, 3.63) is 62.0 Å². The van der Waals surface area contributed by atoms with Gasteiger partial charge >= 0.3 is 0 Å². The van der Waals surface area contributed by atoms with E-state index < -0.39 is 0 Å². The molecule has 0 unspecified atom stereocenters. The molecule has 0 saturated carbocycles. The van der Waals surface area contributed by atoms with Crippen LogP contribution in [0.1, 0.15) is 39.6 Å². The van der Waals surface area contributed by atoms with E-state index >= 15 is 0 Å². The smallest absolute Gasteiger partial charge is 0.266 e. The summed E-state index contributed by atoms with van der Waals surface area (Å²) in [6.07, 6.45) is 1.98. The number of hydrogen-bond donors (Lipinski definition) is 0. The Morgan fingerprint density at radius 3 is 1.91 bits per heavy atom. The van der Waals surface area contributed by atoms with Crippen molar-refractivity contribution in [3.8, 4) is 0 Å². The number of aryl methyl sites for hydroxylation is 1. The SMILES string of the molecule is CCCc1cc(Br)c(N2C(=O)c3ccccc3C2=O)c(Br)c1. The zero-order chi connectivity index (χ0) is 15.9. The van der Waals surface area contributed by atoms with Gasteiger partial charge in [-0.05, 0) is 68.1 Å². The molecule has 0 saturated heterocycles. The van der Waals surface area contributed by atoms with Gasteiger partial charge in [-0.2, -0.15) is 0 Å². The number of nitrogens with zero attached hydrogens (tertiary/aromatic N) is 1. The Morgan fingerprint density at radius 1 is 0.955 bits per heavy atom. The number of imide groups is 1. The number of benzene rings is 2. The summed E-state index contributed by atoms with van der Waals surface area (Å²) >= 11 is 7.00. The van der Waals surface area contributed by atoms with Gasteiger partial charge in [0, 0.05) is 8.95 Å². The van der Waals surface area contributed by atoms with Crippen LogP contribution in [0, 0.1) is 0 Å². The van der Waals surface area contributed by atoms with Gasteiger partial charge in [-0.1, -0.05) is 25.5 Å². The average molecular weight is 423 g/mol. The summed E-state index contributed by atoms with van der Waals surface area (Å²) < 4.78 is 1.47. The van der Waals surface area contributed by atoms with Gasteiger partial charge in [0.25, 0.3) is 11.8 Å². The van der Waals surface area contributed by atoms with Gasteiger partial charge in [0.1, 0.15) is 0 Å². The fourth-order valence-corrected chi connectivity index (χ4v) is 4.29. The number of anilines is 1. The lowest BCUT2D eigenvalue weighted by Gasteiger charge is -2.18. The molecule has 2 amide bonds. The number of hydrogen-bond acceptors (Lipinski definition) is 2. The summed E-state index contributed by atoms with van der Waals surface area (Å²) in [5, 5.41) is 0. The Balaban J connectivity index is 2.10. The molecule has 0 radical (unpaired) electrons. The molecule has 5 heteroatoms. The van der Waals surface area contributed by atoms with Crippen LogP contribution in [0.2, 0.25) is 0 Å². The van der Waals surface area contributed by atoms with E-state index in [1.54, 1.807) is 24.3 Å². The van der Waals surface area contributed by atoms with Gasteiger partial charge in [-0.3, -0.25) is 9.59 Å². The van der Waals surface area contributed by atoms with Crippen LogP contribution in [0.4, 0.5) is 5.69 Å². The first-order valence-corrected chi connectivity index (χ1v) is 8.59. The third-order valence-corrected chi connectivity index (χ3v) is 4.84. The summed E-state index contributed by atoms with van der Waals surface area (Å²) in [6, 6.07) is 10.8. The van der Waals surface area contributed by atoms with E-state index in [0.717, 1.165) is 27.4 Å². The molecule has 2 aromatic carbocycles. The third-order valence-electron chi connectivity index (χ3n) is 3.63. The van der Waals surface area contributed by atoms with Crippen molar-refractivity contribution in [2.75, 3.05) is 4.90 Å². The Labute approximate surface area is 145 Å². The maximum Gasteiger partial charge on any atom is 0.266 e. The zero-order valence-corrected chi connectivity index (χ0v) is 15.1. The van der Waals surface area contributed by atoms with E-state index in [1.807, 2.05) is 12.1 Å². The van der Waals surface area contributed by atoms with Crippen LogP contribution in [-0.2, 0) is 6.42 Å². The van der Waals surface area contributed by atoms with E-state index in [9.17, 15) is 9.59 Å². The second-order valence-electron chi connectivity index (χ2n) is 5.15. The fraction of sp³-hybridized carbons (Fsp3) is 0.176. The molecule has 112 valence electrons. The molecule has 0 atom stereocenters. The van der Waals surface area contributed by atoms with Crippen molar-refractivity contribution in [1.82, 2.24) is 0 Å². The van der Waals surface area contributed by atoms with Crippen molar-refractivity contribution >= 4 is 49.4 Å². The zero-order valence-electron chi connectivity index (χ0n) is 11.9. The minimum Gasteiger partial charge on any atom is -0.268 e. The lowest BCUT2D eigenvalue weighted by atomic mass is 10.1. The molecule has 0 aliphatic carbocycles. The molecule has 1 aliphatic heterocycles. The quantitative estimate of drug-likeness (QED) is 0.655. The summed E-state index contributed by atoms with van der Waals surface area (Å²) in [5.74, 6) is -0.574. The number of carbonyl (C=O) groups excluding carboxylic acids is 2. The van der Waals surface area contributed by atoms with Crippen LogP contribution in [-0.4, -0.2) is 11.8 Å². The molecule has 3 rings (SSSR count). The van der Waals surface area contributed by atoms with Crippen LogP contribution in [0.3, 0.4) is 0 Å². The normalized spacial score (nSPS) is 13.7. The van der Waals surface area contributed by atoms with Crippen molar-refractivity contribution < 1.29 is 9.59 Å². The molecular weight excluding hydrogens is 410 g/mol. The van der Waals surface area contributed by atoms with Crippen LogP contribution >= 0.6 is 31.9 Å². The van der Waals surface area contributed by atoms with Gasteiger partial charge in [0.05, 0.1) is 16.8 Å². The minimum atomic E-state index is -0.287. The van der Waals surface area contributed by atoms with E-state index in [2.05, 4.69) is 38.8 Å². The first-order valence-electron chi connectivity index (χ1n) is 7.00. The number of fused-ring (bicyclic) bond motifs is 1. The molecule has 3 nitrogen and oxygen atoms in total.